The minimum Gasteiger partial charge on any atom is -0.496 e. The summed E-state index contributed by atoms with van der Waals surface area (Å²) in [5.41, 5.74) is 3.32. The SMILES string of the molecule is COc1cc(CCCC(C)=O)c(OC)c(C)c1C. The molecule has 0 radical (unpaired) electrons. The van der Waals surface area contributed by atoms with E-state index >= 15 is 0 Å². The van der Waals surface area contributed by atoms with E-state index in [1.165, 1.54) is 0 Å². The number of methoxy groups -OCH3 is 2. The van der Waals surface area contributed by atoms with Crippen LogP contribution in [-0.2, 0) is 11.2 Å². The minimum absolute atomic E-state index is 0.227. The summed E-state index contributed by atoms with van der Waals surface area (Å²) < 4.78 is 10.8. The van der Waals surface area contributed by atoms with Gasteiger partial charge in [-0.15, -0.1) is 0 Å². The van der Waals surface area contributed by atoms with Crippen molar-refractivity contribution in [2.45, 2.75) is 40.0 Å². The maximum atomic E-state index is 11.0. The lowest BCUT2D eigenvalue weighted by Crippen LogP contribution is -2.01. The Balaban J connectivity index is 3.01. The molecule has 0 heterocycles. The number of hydrogen-bond acceptors (Lipinski definition) is 3. The topological polar surface area (TPSA) is 35.5 Å². The third-order valence-electron chi connectivity index (χ3n) is 3.27. The first-order chi connectivity index (χ1) is 8.51. The van der Waals surface area contributed by atoms with Crippen molar-refractivity contribution >= 4 is 5.78 Å². The third kappa shape index (κ3) is 3.25. The summed E-state index contributed by atoms with van der Waals surface area (Å²) >= 11 is 0. The summed E-state index contributed by atoms with van der Waals surface area (Å²) in [5, 5.41) is 0. The molecule has 0 aliphatic heterocycles. The lowest BCUT2D eigenvalue weighted by atomic mass is 9.99. The number of carbonyl (C=O) groups excluding carboxylic acids is 1. The second-order valence-corrected chi connectivity index (χ2v) is 4.58. The molecule has 0 aliphatic rings. The van der Waals surface area contributed by atoms with Crippen LogP contribution in [0.25, 0.3) is 0 Å². The molecular weight excluding hydrogens is 228 g/mol. The van der Waals surface area contributed by atoms with Crippen LogP contribution in [0.5, 0.6) is 11.5 Å². The largest absolute Gasteiger partial charge is 0.496 e. The van der Waals surface area contributed by atoms with Crippen molar-refractivity contribution in [1.82, 2.24) is 0 Å². The summed E-state index contributed by atoms with van der Waals surface area (Å²) in [6.07, 6.45) is 2.29. The molecule has 0 fully saturated rings. The predicted molar refractivity (Wildman–Crippen MR) is 72.6 cm³/mol. The zero-order valence-electron chi connectivity index (χ0n) is 11.9. The number of benzene rings is 1. The average molecular weight is 250 g/mol. The molecule has 3 heteroatoms. The van der Waals surface area contributed by atoms with Gasteiger partial charge in [0, 0.05) is 6.42 Å². The molecule has 0 aromatic heterocycles. The Hall–Kier alpha value is -1.51. The van der Waals surface area contributed by atoms with Gasteiger partial charge in [-0.2, -0.15) is 0 Å². The van der Waals surface area contributed by atoms with Gasteiger partial charge in [0.05, 0.1) is 14.2 Å². The molecule has 0 N–H and O–H groups in total. The second-order valence-electron chi connectivity index (χ2n) is 4.58. The van der Waals surface area contributed by atoms with E-state index in [0.29, 0.717) is 6.42 Å². The fraction of sp³-hybridized carbons (Fsp3) is 0.533. The highest BCUT2D eigenvalue weighted by Gasteiger charge is 2.13. The summed E-state index contributed by atoms with van der Waals surface area (Å²) in [4.78, 5) is 11.0. The summed E-state index contributed by atoms with van der Waals surface area (Å²) in [7, 11) is 3.36. The van der Waals surface area contributed by atoms with Crippen LogP contribution in [-0.4, -0.2) is 20.0 Å². The first-order valence-electron chi connectivity index (χ1n) is 6.21. The number of carbonyl (C=O) groups is 1. The molecule has 0 unspecified atom stereocenters. The Labute approximate surface area is 109 Å². The number of ether oxygens (including phenoxy) is 2. The molecule has 0 bridgehead atoms. The van der Waals surface area contributed by atoms with Crippen LogP contribution in [0.1, 0.15) is 36.5 Å². The zero-order chi connectivity index (χ0) is 13.7. The fourth-order valence-corrected chi connectivity index (χ4v) is 2.14. The van der Waals surface area contributed by atoms with Crippen molar-refractivity contribution in [2.24, 2.45) is 0 Å². The third-order valence-corrected chi connectivity index (χ3v) is 3.27. The van der Waals surface area contributed by atoms with Crippen molar-refractivity contribution in [1.29, 1.82) is 0 Å². The number of hydrogen-bond donors (Lipinski definition) is 0. The van der Waals surface area contributed by atoms with Gasteiger partial charge >= 0.3 is 0 Å². The minimum atomic E-state index is 0.227. The zero-order valence-corrected chi connectivity index (χ0v) is 11.9. The number of aryl methyl sites for hydroxylation is 1. The highest BCUT2D eigenvalue weighted by atomic mass is 16.5. The van der Waals surface area contributed by atoms with Crippen LogP contribution >= 0.6 is 0 Å². The smallest absolute Gasteiger partial charge is 0.129 e. The van der Waals surface area contributed by atoms with Crippen LogP contribution in [0.3, 0.4) is 0 Å². The lowest BCUT2D eigenvalue weighted by molar-refractivity contribution is -0.117. The standard InChI is InChI=1S/C15H22O3/c1-10(16)7-6-8-13-9-14(17-4)11(2)12(3)15(13)18-5/h9H,6-8H2,1-5H3. The Kier molecular flexibility index (Phi) is 5.20. The van der Waals surface area contributed by atoms with Crippen LogP contribution in [0.4, 0.5) is 0 Å². The Bertz CT molecular complexity index is 436. The van der Waals surface area contributed by atoms with Crippen LogP contribution in [0, 0.1) is 13.8 Å². The summed E-state index contributed by atoms with van der Waals surface area (Å²) in [5.74, 6) is 2.02. The molecule has 0 saturated carbocycles. The lowest BCUT2D eigenvalue weighted by Gasteiger charge is -2.16. The van der Waals surface area contributed by atoms with Gasteiger partial charge in [-0.25, -0.2) is 0 Å². The van der Waals surface area contributed by atoms with Crippen molar-refractivity contribution in [3.8, 4) is 11.5 Å². The molecule has 18 heavy (non-hydrogen) atoms. The van der Waals surface area contributed by atoms with Gasteiger partial charge in [0.25, 0.3) is 0 Å². The van der Waals surface area contributed by atoms with Gasteiger partial charge in [-0.3, -0.25) is 0 Å². The monoisotopic (exact) mass is 250 g/mol. The van der Waals surface area contributed by atoms with Crippen molar-refractivity contribution in [2.75, 3.05) is 14.2 Å². The highest BCUT2D eigenvalue weighted by Crippen LogP contribution is 2.34. The van der Waals surface area contributed by atoms with Gasteiger partial charge < -0.3 is 14.3 Å². The van der Waals surface area contributed by atoms with E-state index in [4.69, 9.17) is 9.47 Å². The molecule has 1 rings (SSSR count). The summed E-state index contributed by atoms with van der Waals surface area (Å²) in [6, 6.07) is 2.02. The van der Waals surface area contributed by atoms with Crippen molar-refractivity contribution < 1.29 is 14.3 Å². The molecule has 1 aromatic rings. The van der Waals surface area contributed by atoms with E-state index in [2.05, 4.69) is 0 Å². The van der Waals surface area contributed by atoms with Crippen molar-refractivity contribution in [3.05, 3.63) is 22.8 Å². The maximum absolute atomic E-state index is 11.0. The van der Waals surface area contributed by atoms with Crippen molar-refractivity contribution in [3.63, 3.8) is 0 Å². The molecule has 0 atom stereocenters. The predicted octanol–water partition coefficient (Wildman–Crippen LogP) is 3.23. The Morgan fingerprint density at radius 2 is 1.83 bits per heavy atom. The van der Waals surface area contributed by atoms with Gasteiger partial charge in [0.1, 0.15) is 17.3 Å². The van der Waals surface area contributed by atoms with E-state index in [9.17, 15) is 4.79 Å². The normalized spacial score (nSPS) is 10.3. The molecule has 0 amide bonds. The Morgan fingerprint density at radius 1 is 1.17 bits per heavy atom. The van der Waals surface area contributed by atoms with Gasteiger partial charge in [0.15, 0.2) is 0 Å². The van der Waals surface area contributed by atoms with E-state index in [1.54, 1.807) is 21.1 Å². The van der Waals surface area contributed by atoms with Gasteiger partial charge in [-0.05, 0) is 56.4 Å². The van der Waals surface area contributed by atoms with Crippen LogP contribution in [0.15, 0.2) is 6.07 Å². The molecule has 3 nitrogen and oxygen atoms in total. The van der Waals surface area contributed by atoms with Crippen LogP contribution in [0.2, 0.25) is 0 Å². The van der Waals surface area contributed by atoms with E-state index in [1.807, 2.05) is 19.9 Å². The number of ketones is 1. The molecular formula is C15H22O3. The maximum Gasteiger partial charge on any atom is 0.129 e. The molecule has 0 saturated heterocycles. The molecule has 1 aromatic carbocycles. The number of rotatable bonds is 6. The van der Waals surface area contributed by atoms with Gasteiger partial charge in [-0.1, -0.05) is 0 Å². The average Bonchev–Trinajstić information content (AvgIpc) is 2.33. The van der Waals surface area contributed by atoms with Gasteiger partial charge in [0.2, 0.25) is 0 Å². The van der Waals surface area contributed by atoms with E-state index < -0.39 is 0 Å². The second kappa shape index (κ2) is 6.43. The Morgan fingerprint density at radius 3 is 2.33 bits per heavy atom. The quantitative estimate of drug-likeness (QED) is 0.777. The fourth-order valence-electron chi connectivity index (χ4n) is 2.14. The highest BCUT2D eigenvalue weighted by molar-refractivity contribution is 5.75. The molecule has 0 spiro atoms. The van der Waals surface area contributed by atoms with E-state index in [-0.39, 0.29) is 5.78 Å². The first-order valence-corrected chi connectivity index (χ1v) is 6.21. The number of Topliss-reactive ketones (excluding diaryl/α,β-unsaturated/α-hetero) is 1. The molecule has 100 valence electrons. The molecule has 0 aliphatic carbocycles. The van der Waals surface area contributed by atoms with Crippen LogP contribution < -0.4 is 9.47 Å². The first kappa shape index (κ1) is 14.6. The summed E-state index contributed by atoms with van der Waals surface area (Å²) in [6.45, 7) is 5.68. The van der Waals surface area contributed by atoms with E-state index in [0.717, 1.165) is 41.0 Å².